The minimum Gasteiger partial charge on any atom is -0.350 e. The Bertz CT molecular complexity index is 695. The van der Waals surface area contributed by atoms with Crippen molar-refractivity contribution in [1.82, 2.24) is 10.6 Å². The summed E-state index contributed by atoms with van der Waals surface area (Å²) in [4.78, 5) is 26.0. The smallest absolute Gasteiger partial charge is 0.252 e. The van der Waals surface area contributed by atoms with Crippen molar-refractivity contribution in [2.24, 2.45) is 17.8 Å². The van der Waals surface area contributed by atoms with E-state index in [0.717, 1.165) is 22.6 Å². The fourth-order valence-corrected chi connectivity index (χ4v) is 6.71. The normalized spacial score (nSPS) is 31.1. The molecule has 4 aliphatic rings. The van der Waals surface area contributed by atoms with Crippen LogP contribution < -0.4 is 10.6 Å². The summed E-state index contributed by atoms with van der Waals surface area (Å²) in [5.41, 5.74) is 0.708. The maximum absolute atomic E-state index is 12.7. The lowest BCUT2D eigenvalue weighted by Gasteiger charge is -2.56. The van der Waals surface area contributed by atoms with E-state index >= 15 is 0 Å². The summed E-state index contributed by atoms with van der Waals surface area (Å²) >= 11 is 1.47. The van der Waals surface area contributed by atoms with E-state index in [4.69, 9.17) is 0 Å². The lowest BCUT2D eigenvalue weighted by molar-refractivity contribution is -0.124. The van der Waals surface area contributed by atoms with Crippen LogP contribution in [0.3, 0.4) is 0 Å². The Hall–Kier alpha value is -1.49. The quantitative estimate of drug-likeness (QED) is 0.727. The van der Waals surface area contributed by atoms with E-state index in [9.17, 15) is 9.59 Å². The molecule has 2 amide bonds. The van der Waals surface area contributed by atoms with E-state index in [1.807, 2.05) is 38.1 Å². The fourth-order valence-electron chi connectivity index (χ4n) is 5.86. The number of thioether (sulfide) groups is 1. The molecule has 1 aromatic carbocycles. The summed E-state index contributed by atoms with van der Waals surface area (Å²) in [6.07, 6.45) is 7.64. The van der Waals surface area contributed by atoms with Gasteiger partial charge in [-0.3, -0.25) is 9.59 Å². The first-order valence-electron chi connectivity index (χ1n) is 10.3. The molecule has 4 aliphatic carbocycles. The number of rotatable bonds is 6. The van der Waals surface area contributed by atoms with E-state index in [1.54, 1.807) is 0 Å². The van der Waals surface area contributed by atoms with E-state index in [1.165, 1.54) is 50.3 Å². The lowest BCUT2D eigenvalue weighted by Crippen LogP contribution is -2.60. The molecule has 4 fully saturated rings. The highest BCUT2D eigenvalue weighted by molar-refractivity contribution is 8.00. The van der Waals surface area contributed by atoms with Crippen molar-refractivity contribution in [3.8, 4) is 0 Å². The maximum atomic E-state index is 12.7. The van der Waals surface area contributed by atoms with Crippen molar-refractivity contribution in [2.75, 3.05) is 5.75 Å². The number of benzene rings is 1. The standard InChI is InChI=1S/C22H30N2O2S/c1-14(2)23-21(26)18-5-3-4-6-19(18)27-13-20(25)24-22-10-15-7-16(11-22)9-17(8-15)12-22/h3-6,14-17H,7-13H2,1-2H3,(H,23,26)(H,24,25). The summed E-state index contributed by atoms with van der Waals surface area (Å²) in [5, 5.41) is 6.35. The number of hydrogen-bond acceptors (Lipinski definition) is 3. The molecular weight excluding hydrogens is 356 g/mol. The molecule has 0 aliphatic heterocycles. The molecule has 1 aromatic rings. The zero-order chi connectivity index (χ0) is 19.0. The highest BCUT2D eigenvalue weighted by Gasteiger charge is 2.51. The molecule has 2 N–H and O–H groups in total. The Balaban J connectivity index is 1.37. The maximum Gasteiger partial charge on any atom is 0.252 e. The van der Waals surface area contributed by atoms with Crippen LogP contribution in [-0.4, -0.2) is 29.1 Å². The van der Waals surface area contributed by atoms with Crippen molar-refractivity contribution in [2.45, 2.75) is 68.8 Å². The van der Waals surface area contributed by atoms with Crippen LogP contribution in [0.25, 0.3) is 0 Å². The Kier molecular flexibility index (Phi) is 5.23. The van der Waals surface area contributed by atoms with Gasteiger partial charge >= 0.3 is 0 Å². The van der Waals surface area contributed by atoms with Crippen LogP contribution in [0.15, 0.2) is 29.2 Å². The van der Waals surface area contributed by atoms with Crippen LogP contribution in [0.1, 0.15) is 62.7 Å². The van der Waals surface area contributed by atoms with Crippen LogP contribution in [0, 0.1) is 17.8 Å². The first-order valence-corrected chi connectivity index (χ1v) is 11.2. The molecule has 5 heteroatoms. The van der Waals surface area contributed by atoms with Gasteiger partial charge in [0.2, 0.25) is 5.91 Å². The van der Waals surface area contributed by atoms with Crippen LogP contribution in [0.2, 0.25) is 0 Å². The summed E-state index contributed by atoms with van der Waals surface area (Å²) < 4.78 is 0. The lowest BCUT2D eigenvalue weighted by atomic mass is 9.53. The third kappa shape index (κ3) is 4.18. The van der Waals surface area contributed by atoms with Gasteiger partial charge in [-0.05, 0) is 82.3 Å². The number of amides is 2. The largest absolute Gasteiger partial charge is 0.350 e. The van der Waals surface area contributed by atoms with Crippen molar-refractivity contribution in [3.63, 3.8) is 0 Å². The van der Waals surface area contributed by atoms with Gasteiger partial charge in [-0.2, -0.15) is 0 Å². The minimum absolute atomic E-state index is 0.0565. The predicted molar refractivity (Wildman–Crippen MR) is 109 cm³/mol. The third-order valence-electron chi connectivity index (χ3n) is 6.35. The number of hydrogen-bond donors (Lipinski definition) is 2. The van der Waals surface area contributed by atoms with E-state index in [0.29, 0.717) is 11.3 Å². The summed E-state index contributed by atoms with van der Waals surface area (Å²) in [6, 6.07) is 7.64. The second-order valence-electron chi connectivity index (χ2n) is 9.16. The zero-order valence-corrected chi connectivity index (χ0v) is 17.1. The number of nitrogens with one attached hydrogen (secondary N) is 2. The van der Waals surface area contributed by atoms with Gasteiger partial charge in [0.15, 0.2) is 0 Å². The van der Waals surface area contributed by atoms with Gasteiger partial charge in [0.05, 0.1) is 11.3 Å². The van der Waals surface area contributed by atoms with Gasteiger partial charge in [0, 0.05) is 16.5 Å². The topological polar surface area (TPSA) is 58.2 Å². The van der Waals surface area contributed by atoms with E-state index in [-0.39, 0.29) is 23.4 Å². The van der Waals surface area contributed by atoms with Crippen molar-refractivity contribution < 1.29 is 9.59 Å². The first kappa shape index (κ1) is 18.9. The molecular formula is C22H30N2O2S. The van der Waals surface area contributed by atoms with E-state index in [2.05, 4.69) is 10.6 Å². The van der Waals surface area contributed by atoms with Crippen molar-refractivity contribution in [1.29, 1.82) is 0 Å². The molecule has 0 unspecified atom stereocenters. The van der Waals surface area contributed by atoms with E-state index < -0.39 is 0 Å². The van der Waals surface area contributed by atoms with Crippen molar-refractivity contribution in [3.05, 3.63) is 29.8 Å². The molecule has 5 rings (SSSR count). The van der Waals surface area contributed by atoms with Gasteiger partial charge in [0.25, 0.3) is 5.91 Å². The molecule has 4 nitrogen and oxygen atoms in total. The van der Waals surface area contributed by atoms with Gasteiger partial charge in [-0.1, -0.05) is 12.1 Å². The number of carbonyl (C=O) groups excluding carboxylic acids is 2. The summed E-state index contributed by atoms with van der Waals surface area (Å²) in [5.74, 6) is 2.88. The number of carbonyl (C=O) groups is 2. The molecule has 4 saturated carbocycles. The molecule has 0 atom stereocenters. The second kappa shape index (κ2) is 7.50. The summed E-state index contributed by atoms with van der Waals surface area (Å²) in [7, 11) is 0. The Morgan fingerprint density at radius 2 is 1.67 bits per heavy atom. The molecule has 0 saturated heterocycles. The van der Waals surface area contributed by atoms with Gasteiger partial charge in [-0.25, -0.2) is 0 Å². The predicted octanol–water partition coefficient (Wildman–Crippen LogP) is 4.00. The SMILES string of the molecule is CC(C)NC(=O)c1ccccc1SCC(=O)NC12CC3CC(CC(C3)C1)C2. The monoisotopic (exact) mass is 386 g/mol. The zero-order valence-electron chi connectivity index (χ0n) is 16.3. The Morgan fingerprint density at radius 1 is 1.07 bits per heavy atom. The van der Waals surface area contributed by atoms with Gasteiger partial charge < -0.3 is 10.6 Å². The molecule has 4 bridgehead atoms. The van der Waals surface area contributed by atoms with Gasteiger partial charge in [-0.15, -0.1) is 11.8 Å². The molecule has 146 valence electrons. The van der Waals surface area contributed by atoms with Crippen molar-refractivity contribution >= 4 is 23.6 Å². The third-order valence-corrected chi connectivity index (χ3v) is 7.43. The van der Waals surface area contributed by atoms with Crippen LogP contribution in [0.4, 0.5) is 0 Å². The minimum atomic E-state index is -0.0745. The molecule has 0 radical (unpaired) electrons. The second-order valence-corrected chi connectivity index (χ2v) is 10.2. The van der Waals surface area contributed by atoms with Crippen LogP contribution >= 0.6 is 11.8 Å². The van der Waals surface area contributed by atoms with Crippen LogP contribution in [-0.2, 0) is 4.79 Å². The fraction of sp³-hybridized carbons (Fsp3) is 0.636. The molecule has 0 spiro atoms. The highest BCUT2D eigenvalue weighted by Crippen LogP contribution is 2.55. The summed E-state index contributed by atoms with van der Waals surface area (Å²) in [6.45, 7) is 3.90. The Morgan fingerprint density at radius 3 is 2.26 bits per heavy atom. The highest BCUT2D eigenvalue weighted by atomic mass is 32.2. The van der Waals surface area contributed by atoms with Gasteiger partial charge in [0.1, 0.15) is 0 Å². The Labute approximate surface area is 166 Å². The average molecular weight is 387 g/mol. The first-order chi connectivity index (χ1) is 12.9. The molecule has 0 aromatic heterocycles. The molecule has 27 heavy (non-hydrogen) atoms. The van der Waals surface area contributed by atoms with Crippen LogP contribution in [0.5, 0.6) is 0 Å². The molecule has 0 heterocycles. The average Bonchev–Trinajstić information content (AvgIpc) is 2.58.